The maximum atomic E-state index is 10.6. The third kappa shape index (κ3) is 3.75. The lowest BCUT2D eigenvalue weighted by molar-refractivity contribution is 0.591. The topological polar surface area (TPSA) is 51.1 Å². The van der Waals surface area contributed by atoms with Crippen molar-refractivity contribution >= 4 is 71.2 Å². The Bertz CT molecular complexity index is 2800. The van der Waals surface area contributed by atoms with Gasteiger partial charge in [-0.25, -0.2) is 4.85 Å². The van der Waals surface area contributed by atoms with Crippen molar-refractivity contribution in [2.45, 2.75) is 26.2 Å². The summed E-state index contributed by atoms with van der Waals surface area (Å²) in [6.07, 6.45) is 0. The molecule has 9 rings (SSSR count). The number of para-hydroxylation sites is 3. The SMILES string of the molecule is [C-]#[N+]c1cc(C#N)c(-n2c3ccc(C(C)(C)C)cc3c3c4oc5ccccc5c4ccc32)cc1-n1c2ccccc2c2ccccc21. The van der Waals surface area contributed by atoms with Gasteiger partial charge in [-0.2, -0.15) is 5.26 Å². The molecule has 0 amide bonds. The zero-order valence-electron chi connectivity index (χ0n) is 26.2. The van der Waals surface area contributed by atoms with Crippen LogP contribution in [0.4, 0.5) is 5.69 Å². The van der Waals surface area contributed by atoms with Crippen LogP contribution < -0.4 is 0 Å². The molecular weight excluding hydrogens is 576 g/mol. The summed E-state index contributed by atoms with van der Waals surface area (Å²) in [6.45, 7) is 14.9. The van der Waals surface area contributed by atoms with E-state index in [4.69, 9.17) is 11.0 Å². The Kier molecular flexibility index (Phi) is 5.52. The summed E-state index contributed by atoms with van der Waals surface area (Å²) in [7, 11) is 0. The fourth-order valence-corrected chi connectivity index (χ4v) is 7.30. The Labute approximate surface area is 270 Å². The lowest BCUT2D eigenvalue weighted by Crippen LogP contribution is -2.10. The van der Waals surface area contributed by atoms with E-state index in [1.807, 2.05) is 48.5 Å². The van der Waals surface area contributed by atoms with Crippen molar-refractivity contribution in [2.24, 2.45) is 0 Å². The van der Waals surface area contributed by atoms with Crippen molar-refractivity contribution in [3.8, 4) is 17.4 Å². The second kappa shape index (κ2) is 9.60. The molecule has 0 radical (unpaired) electrons. The van der Waals surface area contributed by atoms with Crippen molar-refractivity contribution < 1.29 is 4.42 Å². The van der Waals surface area contributed by atoms with Gasteiger partial charge in [0.05, 0.1) is 57.0 Å². The molecular formula is C42H28N4O. The standard InChI is InChI=1S/C42H28N4O/c1-42(2,3)26-17-19-35-31(22-26)40-36(20-18-30-29-13-7-10-16-39(29)47-41(30)40)46(35)37-23-38(32(44-4)21-25(37)24-43)45-33-14-8-5-11-27(33)28-12-6-9-15-34(28)45/h5-23H,1-3H3. The van der Waals surface area contributed by atoms with Crippen LogP contribution in [0.15, 0.2) is 120 Å². The molecule has 0 saturated carbocycles. The van der Waals surface area contributed by atoms with E-state index in [1.54, 1.807) is 6.07 Å². The van der Waals surface area contributed by atoms with Crippen LogP contribution in [0, 0.1) is 17.9 Å². The molecule has 0 aliphatic heterocycles. The van der Waals surface area contributed by atoms with E-state index in [1.165, 1.54) is 5.56 Å². The van der Waals surface area contributed by atoms with Gasteiger partial charge in [-0.15, -0.1) is 0 Å². The maximum Gasteiger partial charge on any atom is 0.212 e. The maximum absolute atomic E-state index is 10.6. The Hall–Kier alpha value is -6.30. The highest BCUT2D eigenvalue weighted by atomic mass is 16.3. The molecule has 0 spiro atoms. The first kappa shape index (κ1) is 27.0. The number of rotatable bonds is 2. The van der Waals surface area contributed by atoms with E-state index in [0.29, 0.717) is 11.3 Å². The highest BCUT2D eigenvalue weighted by molar-refractivity contribution is 6.24. The van der Waals surface area contributed by atoms with Gasteiger partial charge in [0.25, 0.3) is 0 Å². The summed E-state index contributed by atoms with van der Waals surface area (Å²) in [6, 6.07) is 41.8. The first-order valence-electron chi connectivity index (χ1n) is 15.7. The Morgan fingerprint density at radius 2 is 1.26 bits per heavy atom. The van der Waals surface area contributed by atoms with Crippen LogP contribution in [0.3, 0.4) is 0 Å². The first-order valence-corrected chi connectivity index (χ1v) is 15.7. The largest absolute Gasteiger partial charge is 0.455 e. The zero-order valence-corrected chi connectivity index (χ0v) is 26.2. The highest BCUT2D eigenvalue weighted by Crippen LogP contribution is 2.44. The molecule has 0 atom stereocenters. The smallest absolute Gasteiger partial charge is 0.212 e. The monoisotopic (exact) mass is 604 g/mol. The van der Waals surface area contributed by atoms with E-state index in [0.717, 1.165) is 76.9 Å². The highest BCUT2D eigenvalue weighted by Gasteiger charge is 2.24. The molecule has 9 aromatic rings. The van der Waals surface area contributed by atoms with E-state index in [-0.39, 0.29) is 5.41 Å². The van der Waals surface area contributed by atoms with Gasteiger partial charge < -0.3 is 13.6 Å². The van der Waals surface area contributed by atoms with E-state index in [9.17, 15) is 5.26 Å². The third-order valence-electron chi connectivity index (χ3n) is 9.53. The minimum atomic E-state index is -0.0663. The minimum absolute atomic E-state index is 0.0663. The molecule has 0 fully saturated rings. The summed E-state index contributed by atoms with van der Waals surface area (Å²) in [4.78, 5) is 3.95. The molecule has 0 unspecified atom stereocenters. The van der Waals surface area contributed by atoms with Gasteiger partial charge in [0.15, 0.2) is 0 Å². The zero-order chi connectivity index (χ0) is 32.0. The molecule has 5 heteroatoms. The van der Waals surface area contributed by atoms with E-state index < -0.39 is 0 Å². The first-order chi connectivity index (χ1) is 22.9. The van der Waals surface area contributed by atoms with Gasteiger partial charge in [0.1, 0.15) is 11.2 Å². The number of nitrogens with zero attached hydrogens (tertiary/aromatic N) is 4. The number of nitriles is 1. The van der Waals surface area contributed by atoms with Crippen molar-refractivity contribution in [2.75, 3.05) is 0 Å². The third-order valence-corrected chi connectivity index (χ3v) is 9.53. The fraction of sp³-hybridized carbons (Fsp3) is 0.0952. The molecule has 0 saturated heterocycles. The van der Waals surface area contributed by atoms with Crippen LogP contribution in [0.1, 0.15) is 31.9 Å². The second-order valence-electron chi connectivity index (χ2n) is 13.2. The summed E-state index contributed by atoms with van der Waals surface area (Å²) in [5.41, 5.74) is 9.07. The molecule has 0 aliphatic rings. The van der Waals surface area contributed by atoms with Crippen LogP contribution in [0.5, 0.6) is 0 Å². The number of hydrogen-bond acceptors (Lipinski definition) is 2. The molecule has 5 nitrogen and oxygen atoms in total. The van der Waals surface area contributed by atoms with E-state index in [2.05, 4.69) is 101 Å². The molecule has 3 heterocycles. The molecule has 0 bridgehead atoms. The van der Waals surface area contributed by atoms with Gasteiger partial charge in [0.2, 0.25) is 5.69 Å². The normalized spacial score (nSPS) is 12.1. The van der Waals surface area contributed by atoms with Crippen LogP contribution in [0.25, 0.3) is 81.8 Å². The molecule has 0 aliphatic carbocycles. The van der Waals surface area contributed by atoms with Crippen LogP contribution >= 0.6 is 0 Å². The minimum Gasteiger partial charge on any atom is -0.455 e. The van der Waals surface area contributed by atoms with Crippen LogP contribution in [-0.2, 0) is 5.41 Å². The van der Waals surface area contributed by atoms with Crippen molar-refractivity contribution in [3.63, 3.8) is 0 Å². The summed E-state index contributed by atoms with van der Waals surface area (Å²) >= 11 is 0. The summed E-state index contributed by atoms with van der Waals surface area (Å²) < 4.78 is 10.9. The number of hydrogen-bond donors (Lipinski definition) is 0. The van der Waals surface area contributed by atoms with Crippen molar-refractivity contribution in [3.05, 3.63) is 138 Å². The molecule has 6 aromatic carbocycles. The number of furan rings is 1. The van der Waals surface area contributed by atoms with E-state index >= 15 is 0 Å². The van der Waals surface area contributed by atoms with Crippen molar-refractivity contribution in [1.29, 1.82) is 5.26 Å². The predicted molar refractivity (Wildman–Crippen MR) is 192 cm³/mol. The Balaban J connectivity index is 1.45. The van der Waals surface area contributed by atoms with Gasteiger partial charge in [-0.3, -0.25) is 0 Å². The van der Waals surface area contributed by atoms with Crippen molar-refractivity contribution in [1.82, 2.24) is 9.13 Å². The van der Waals surface area contributed by atoms with Gasteiger partial charge in [-0.1, -0.05) is 81.4 Å². The quantitative estimate of drug-likeness (QED) is 0.184. The predicted octanol–water partition coefficient (Wildman–Crippen LogP) is 11.5. The average molecular weight is 605 g/mol. The lowest BCUT2D eigenvalue weighted by Gasteiger charge is -2.19. The van der Waals surface area contributed by atoms with Gasteiger partial charge >= 0.3 is 0 Å². The molecule has 47 heavy (non-hydrogen) atoms. The molecule has 222 valence electrons. The fourth-order valence-electron chi connectivity index (χ4n) is 7.30. The Morgan fingerprint density at radius 1 is 0.638 bits per heavy atom. The summed E-state index contributed by atoms with van der Waals surface area (Å²) in [5, 5.41) is 17.0. The number of aromatic nitrogens is 2. The lowest BCUT2D eigenvalue weighted by atomic mass is 9.86. The van der Waals surface area contributed by atoms with Gasteiger partial charge in [0, 0.05) is 26.9 Å². The molecule has 3 aromatic heterocycles. The average Bonchev–Trinajstić information content (AvgIpc) is 3.74. The number of fused-ring (bicyclic) bond motifs is 10. The van der Waals surface area contributed by atoms with Crippen LogP contribution in [-0.4, -0.2) is 9.13 Å². The van der Waals surface area contributed by atoms with Crippen LogP contribution in [0.2, 0.25) is 0 Å². The Morgan fingerprint density at radius 3 is 1.94 bits per heavy atom. The second-order valence-corrected chi connectivity index (χ2v) is 13.2. The van der Waals surface area contributed by atoms with Gasteiger partial charge in [-0.05, 0) is 65.6 Å². The summed E-state index contributed by atoms with van der Waals surface area (Å²) in [5.74, 6) is 0. The molecule has 0 N–H and O–H groups in total. The number of benzene rings is 6.